The van der Waals surface area contributed by atoms with Gasteiger partial charge in [-0.05, 0) is 62.3 Å². The second-order valence-electron chi connectivity index (χ2n) is 6.93. The highest BCUT2D eigenvalue weighted by Gasteiger charge is 2.26. The molecule has 0 saturated carbocycles. The molecule has 4 heteroatoms. The Bertz CT molecular complexity index is 683. The molecule has 1 aliphatic heterocycles. The maximum atomic E-state index is 9.69. The SMILES string of the molecule is CN(C)Cc1ccc([C@H]2CCCN2Cc2ccc(O)c(O)c2)cc1. The highest BCUT2D eigenvalue weighted by molar-refractivity contribution is 5.40. The Morgan fingerprint density at radius 1 is 1.00 bits per heavy atom. The molecule has 0 spiro atoms. The normalized spacial score (nSPS) is 18.4. The van der Waals surface area contributed by atoms with Gasteiger partial charge in [0.1, 0.15) is 0 Å². The fourth-order valence-electron chi connectivity index (χ4n) is 3.51. The van der Waals surface area contributed by atoms with Gasteiger partial charge in [-0.1, -0.05) is 30.3 Å². The average Bonchev–Trinajstić information content (AvgIpc) is 2.99. The minimum Gasteiger partial charge on any atom is -0.504 e. The second-order valence-corrected chi connectivity index (χ2v) is 6.93. The lowest BCUT2D eigenvalue weighted by Gasteiger charge is -2.25. The summed E-state index contributed by atoms with van der Waals surface area (Å²) in [5.74, 6) is -0.107. The van der Waals surface area contributed by atoms with Crippen molar-refractivity contribution in [2.45, 2.75) is 32.0 Å². The van der Waals surface area contributed by atoms with Gasteiger partial charge in [-0.3, -0.25) is 4.90 Å². The summed E-state index contributed by atoms with van der Waals surface area (Å²) in [5.41, 5.74) is 3.72. The Labute approximate surface area is 144 Å². The Morgan fingerprint density at radius 3 is 2.38 bits per heavy atom. The van der Waals surface area contributed by atoms with Crippen molar-refractivity contribution in [3.05, 3.63) is 59.2 Å². The first kappa shape index (κ1) is 16.8. The number of phenols is 2. The van der Waals surface area contributed by atoms with E-state index in [9.17, 15) is 10.2 Å². The fraction of sp³-hybridized carbons (Fsp3) is 0.400. The van der Waals surface area contributed by atoms with Crippen LogP contribution in [-0.4, -0.2) is 40.7 Å². The van der Waals surface area contributed by atoms with Gasteiger partial charge in [-0.2, -0.15) is 0 Å². The number of likely N-dealkylation sites (tertiary alicyclic amines) is 1. The average molecular weight is 326 g/mol. The molecule has 1 fully saturated rings. The number of hydrogen-bond donors (Lipinski definition) is 2. The van der Waals surface area contributed by atoms with Gasteiger partial charge in [0.2, 0.25) is 0 Å². The first-order valence-corrected chi connectivity index (χ1v) is 8.51. The number of rotatable bonds is 5. The minimum absolute atomic E-state index is 0.0451. The van der Waals surface area contributed by atoms with E-state index in [1.54, 1.807) is 12.1 Å². The van der Waals surface area contributed by atoms with Crippen LogP contribution in [0, 0.1) is 0 Å². The molecule has 4 nitrogen and oxygen atoms in total. The fourth-order valence-corrected chi connectivity index (χ4v) is 3.51. The third-order valence-electron chi connectivity index (χ3n) is 4.65. The van der Waals surface area contributed by atoms with E-state index in [2.05, 4.69) is 48.2 Å². The zero-order chi connectivity index (χ0) is 17.1. The van der Waals surface area contributed by atoms with Crippen LogP contribution in [0.5, 0.6) is 11.5 Å². The molecule has 0 radical (unpaired) electrons. The third-order valence-corrected chi connectivity index (χ3v) is 4.65. The molecule has 0 unspecified atom stereocenters. The standard InChI is InChI=1S/C20H26N2O2/c1-21(2)13-15-5-8-17(9-6-15)18-4-3-11-22(18)14-16-7-10-19(23)20(24)12-16/h5-10,12,18,23-24H,3-4,11,13-14H2,1-2H3/t18-/m1/s1. The highest BCUT2D eigenvalue weighted by atomic mass is 16.3. The van der Waals surface area contributed by atoms with Crippen molar-refractivity contribution < 1.29 is 10.2 Å². The Kier molecular flexibility index (Phi) is 5.07. The van der Waals surface area contributed by atoms with Gasteiger partial charge in [-0.25, -0.2) is 0 Å². The van der Waals surface area contributed by atoms with E-state index in [4.69, 9.17) is 0 Å². The van der Waals surface area contributed by atoms with Crippen LogP contribution >= 0.6 is 0 Å². The molecule has 128 valence electrons. The van der Waals surface area contributed by atoms with E-state index in [0.29, 0.717) is 6.04 Å². The Balaban J connectivity index is 1.71. The lowest BCUT2D eigenvalue weighted by molar-refractivity contribution is 0.248. The predicted octanol–water partition coefficient (Wildman–Crippen LogP) is 3.50. The molecule has 0 aromatic heterocycles. The number of benzene rings is 2. The largest absolute Gasteiger partial charge is 0.504 e. The van der Waals surface area contributed by atoms with Crippen LogP contribution in [-0.2, 0) is 13.1 Å². The number of phenolic OH excluding ortho intramolecular Hbond substituents is 2. The molecule has 1 aliphatic rings. The Morgan fingerprint density at radius 2 is 1.71 bits per heavy atom. The molecule has 0 bridgehead atoms. The van der Waals surface area contributed by atoms with Crippen LogP contribution < -0.4 is 0 Å². The molecule has 1 atom stereocenters. The van der Waals surface area contributed by atoms with E-state index in [0.717, 1.165) is 31.6 Å². The summed E-state index contributed by atoms with van der Waals surface area (Å²) in [4.78, 5) is 4.63. The summed E-state index contributed by atoms with van der Waals surface area (Å²) < 4.78 is 0. The molecule has 3 rings (SSSR count). The van der Waals surface area contributed by atoms with Crippen molar-refractivity contribution in [1.29, 1.82) is 0 Å². The van der Waals surface area contributed by atoms with E-state index < -0.39 is 0 Å². The molecule has 2 N–H and O–H groups in total. The molecule has 0 aliphatic carbocycles. The summed E-state index contributed by atoms with van der Waals surface area (Å²) in [7, 11) is 4.17. The summed E-state index contributed by atoms with van der Waals surface area (Å²) in [6.45, 7) is 2.81. The molecular formula is C20H26N2O2. The Hall–Kier alpha value is -2.04. The monoisotopic (exact) mass is 326 g/mol. The van der Waals surface area contributed by atoms with Crippen LogP contribution in [0.15, 0.2) is 42.5 Å². The van der Waals surface area contributed by atoms with E-state index in [-0.39, 0.29) is 11.5 Å². The number of hydrogen-bond acceptors (Lipinski definition) is 4. The third kappa shape index (κ3) is 3.89. The first-order chi connectivity index (χ1) is 11.5. The van der Waals surface area contributed by atoms with Gasteiger partial charge in [0.15, 0.2) is 11.5 Å². The smallest absolute Gasteiger partial charge is 0.157 e. The van der Waals surface area contributed by atoms with Gasteiger partial charge in [0.05, 0.1) is 0 Å². The van der Waals surface area contributed by atoms with Gasteiger partial charge in [-0.15, -0.1) is 0 Å². The molecular weight excluding hydrogens is 300 g/mol. The van der Waals surface area contributed by atoms with Crippen molar-refractivity contribution >= 4 is 0 Å². The van der Waals surface area contributed by atoms with Gasteiger partial charge >= 0.3 is 0 Å². The summed E-state index contributed by atoms with van der Waals surface area (Å²) in [6, 6.07) is 14.5. The van der Waals surface area contributed by atoms with E-state index >= 15 is 0 Å². The van der Waals surface area contributed by atoms with Gasteiger partial charge in [0.25, 0.3) is 0 Å². The van der Waals surface area contributed by atoms with Crippen molar-refractivity contribution in [1.82, 2.24) is 9.80 Å². The topological polar surface area (TPSA) is 46.9 Å². The molecule has 1 heterocycles. The first-order valence-electron chi connectivity index (χ1n) is 8.51. The molecule has 2 aromatic rings. The van der Waals surface area contributed by atoms with Crippen molar-refractivity contribution in [3.8, 4) is 11.5 Å². The van der Waals surface area contributed by atoms with E-state index in [1.807, 2.05) is 6.07 Å². The molecule has 0 amide bonds. The summed E-state index contributed by atoms with van der Waals surface area (Å²) in [5, 5.41) is 19.1. The maximum Gasteiger partial charge on any atom is 0.157 e. The second kappa shape index (κ2) is 7.24. The zero-order valence-corrected chi connectivity index (χ0v) is 14.4. The molecule has 2 aromatic carbocycles. The summed E-state index contributed by atoms with van der Waals surface area (Å²) in [6.07, 6.45) is 2.35. The van der Waals surface area contributed by atoms with Crippen molar-refractivity contribution in [2.24, 2.45) is 0 Å². The van der Waals surface area contributed by atoms with Crippen molar-refractivity contribution in [2.75, 3.05) is 20.6 Å². The maximum absolute atomic E-state index is 9.69. The van der Waals surface area contributed by atoms with Crippen LogP contribution in [0.25, 0.3) is 0 Å². The van der Waals surface area contributed by atoms with Crippen LogP contribution in [0.1, 0.15) is 35.6 Å². The summed E-state index contributed by atoms with van der Waals surface area (Å²) >= 11 is 0. The van der Waals surface area contributed by atoms with Gasteiger partial charge < -0.3 is 15.1 Å². The molecule has 1 saturated heterocycles. The van der Waals surface area contributed by atoms with Crippen molar-refractivity contribution in [3.63, 3.8) is 0 Å². The van der Waals surface area contributed by atoms with Crippen LogP contribution in [0.3, 0.4) is 0 Å². The zero-order valence-electron chi connectivity index (χ0n) is 14.4. The molecule has 24 heavy (non-hydrogen) atoms. The van der Waals surface area contributed by atoms with Crippen LogP contribution in [0.2, 0.25) is 0 Å². The number of nitrogens with zero attached hydrogens (tertiary/aromatic N) is 2. The lowest BCUT2D eigenvalue weighted by Crippen LogP contribution is -2.22. The minimum atomic E-state index is -0.0618. The predicted molar refractivity (Wildman–Crippen MR) is 96.0 cm³/mol. The quantitative estimate of drug-likeness (QED) is 0.826. The van der Waals surface area contributed by atoms with Crippen LogP contribution in [0.4, 0.5) is 0 Å². The number of aromatic hydroxyl groups is 2. The van der Waals surface area contributed by atoms with E-state index in [1.165, 1.54) is 17.5 Å². The highest BCUT2D eigenvalue weighted by Crippen LogP contribution is 2.34. The lowest BCUT2D eigenvalue weighted by atomic mass is 10.0. The van der Waals surface area contributed by atoms with Gasteiger partial charge in [0, 0.05) is 19.1 Å².